The molecule has 0 spiro atoms. The fourth-order valence-electron chi connectivity index (χ4n) is 2.03. The van der Waals surface area contributed by atoms with E-state index in [2.05, 4.69) is 5.32 Å². The Bertz CT molecular complexity index is 586. The predicted molar refractivity (Wildman–Crippen MR) is 75.6 cm³/mol. The number of ether oxygens (including phenoxy) is 1. The van der Waals surface area contributed by atoms with Crippen molar-refractivity contribution >= 4 is 5.69 Å². The van der Waals surface area contributed by atoms with Crippen LogP contribution < -0.4 is 5.32 Å². The molecule has 2 aromatic rings. The quantitative estimate of drug-likeness (QED) is 0.880. The van der Waals surface area contributed by atoms with E-state index in [4.69, 9.17) is 4.74 Å². The molecule has 1 unspecified atom stereocenters. The van der Waals surface area contributed by atoms with E-state index in [0.717, 1.165) is 17.3 Å². The molecule has 2 nitrogen and oxygen atoms in total. The monoisotopic (exact) mass is 277 g/mol. The Morgan fingerprint density at radius 3 is 2.60 bits per heavy atom. The summed E-state index contributed by atoms with van der Waals surface area (Å²) in [4.78, 5) is 0. The molecule has 0 radical (unpaired) electrons. The van der Waals surface area contributed by atoms with Crippen molar-refractivity contribution in [3.63, 3.8) is 0 Å². The number of hydrogen-bond donors (Lipinski definition) is 1. The van der Waals surface area contributed by atoms with Gasteiger partial charge in [-0.1, -0.05) is 18.2 Å². The van der Waals surface area contributed by atoms with Gasteiger partial charge in [0.15, 0.2) is 11.6 Å². The molecule has 4 heteroatoms. The second-order valence-corrected chi connectivity index (χ2v) is 4.67. The molecule has 0 aliphatic rings. The van der Waals surface area contributed by atoms with E-state index in [9.17, 15) is 8.78 Å². The topological polar surface area (TPSA) is 21.3 Å². The summed E-state index contributed by atoms with van der Waals surface area (Å²) in [6, 6.07) is 11.6. The molecule has 1 atom stereocenters. The summed E-state index contributed by atoms with van der Waals surface area (Å²) in [6.07, 6.45) is 0. The molecule has 0 aliphatic carbocycles. The van der Waals surface area contributed by atoms with Crippen molar-refractivity contribution in [3.8, 4) is 0 Å². The van der Waals surface area contributed by atoms with Crippen LogP contribution >= 0.6 is 0 Å². The first kappa shape index (κ1) is 14.5. The second kappa shape index (κ2) is 6.48. The van der Waals surface area contributed by atoms with E-state index >= 15 is 0 Å². The lowest BCUT2D eigenvalue weighted by atomic mass is 10.1. The van der Waals surface area contributed by atoms with Crippen LogP contribution in [-0.2, 0) is 11.3 Å². The molecular formula is C16H17F2NO. The molecular weight excluding hydrogens is 260 g/mol. The number of rotatable bonds is 5. The van der Waals surface area contributed by atoms with Crippen molar-refractivity contribution in [1.82, 2.24) is 0 Å². The van der Waals surface area contributed by atoms with Crippen LogP contribution in [0.2, 0.25) is 0 Å². The Hall–Kier alpha value is -1.94. The first-order valence-corrected chi connectivity index (χ1v) is 6.39. The lowest BCUT2D eigenvalue weighted by Crippen LogP contribution is -2.07. The van der Waals surface area contributed by atoms with Gasteiger partial charge in [-0.05, 0) is 42.3 Å². The fourth-order valence-corrected chi connectivity index (χ4v) is 2.03. The number of halogens is 2. The minimum Gasteiger partial charge on any atom is -0.380 e. The van der Waals surface area contributed by atoms with Crippen molar-refractivity contribution in [3.05, 3.63) is 65.2 Å². The van der Waals surface area contributed by atoms with Gasteiger partial charge in [-0.2, -0.15) is 0 Å². The van der Waals surface area contributed by atoms with Gasteiger partial charge < -0.3 is 10.1 Å². The summed E-state index contributed by atoms with van der Waals surface area (Å²) >= 11 is 0. The van der Waals surface area contributed by atoms with Crippen LogP contribution in [0.25, 0.3) is 0 Å². The zero-order valence-electron chi connectivity index (χ0n) is 11.5. The molecule has 20 heavy (non-hydrogen) atoms. The number of anilines is 1. The summed E-state index contributed by atoms with van der Waals surface area (Å²) in [7, 11) is 1.64. The minimum atomic E-state index is -0.831. The first-order valence-electron chi connectivity index (χ1n) is 6.39. The van der Waals surface area contributed by atoms with Gasteiger partial charge in [-0.15, -0.1) is 0 Å². The molecule has 0 aromatic heterocycles. The largest absolute Gasteiger partial charge is 0.380 e. The summed E-state index contributed by atoms with van der Waals surface area (Å²) in [6.45, 7) is 2.44. The zero-order valence-corrected chi connectivity index (χ0v) is 11.5. The molecule has 2 rings (SSSR count). The van der Waals surface area contributed by atoms with Crippen molar-refractivity contribution in [1.29, 1.82) is 0 Å². The first-order chi connectivity index (χ1) is 9.60. The van der Waals surface area contributed by atoms with Crippen LogP contribution in [0.5, 0.6) is 0 Å². The summed E-state index contributed by atoms with van der Waals surface area (Å²) in [5, 5.41) is 3.26. The maximum Gasteiger partial charge on any atom is 0.159 e. The van der Waals surface area contributed by atoms with Gasteiger partial charge in [0.05, 0.1) is 6.61 Å². The molecule has 1 N–H and O–H groups in total. The average Bonchev–Trinajstić information content (AvgIpc) is 2.42. The van der Waals surface area contributed by atoms with Crippen LogP contribution in [-0.4, -0.2) is 7.11 Å². The van der Waals surface area contributed by atoms with E-state index in [0.29, 0.717) is 12.2 Å². The Balaban J connectivity index is 2.12. The minimum absolute atomic E-state index is 0.122. The highest BCUT2D eigenvalue weighted by molar-refractivity contribution is 5.47. The molecule has 106 valence electrons. The molecule has 0 aliphatic heterocycles. The van der Waals surface area contributed by atoms with Crippen molar-refractivity contribution in [2.45, 2.75) is 19.6 Å². The molecule has 2 aromatic carbocycles. The van der Waals surface area contributed by atoms with Gasteiger partial charge in [0.25, 0.3) is 0 Å². The molecule has 0 saturated heterocycles. The predicted octanol–water partition coefficient (Wildman–Crippen LogP) is 4.28. The smallest absolute Gasteiger partial charge is 0.159 e. The third kappa shape index (κ3) is 3.54. The van der Waals surface area contributed by atoms with Crippen LogP contribution in [0.15, 0.2) is 42.5 Å². The van der Waals surface area contributed by atoms with E-state index < -0.39 is 11.6 Å². The van der Waals surface area contributed by atoms with E-state index in [1.807, 2.05) is 31.2 Å². The molecule has 0 amide bonds. The Morgan fingerprint density at radius 1 is 1.10 bits per heavy atom. The van der Waals surface area contributed by atoms with Gasteiger partial charge in [0.1, 0.15) is 0 Å². The highest BCUT2D eigenvalue weighted by atomic mass is 19.2. The molecule has 0 bridgehead atoms. The van der Waals surface area contributed by atoms with Gasteiger partial charge >= 0.3 is 0 Å². The van der Waals surface area contributed by atoms with Crippen LogP contribution in [0.4, 0.5) is 14.5 Å². The third-order valence-corrected chi connectivity index (χ3v) is 3.06. The standard InChI is InChI=1S/C16H17F2NO/c1-11(13-6-7-15(17)16(18)9-13)19-14-5-3-4-12(8-14)10-20-2/h3-9,11,19H,10H2,1-2H3. The van der Waals surface area contributed by atoms with Crippen molar-refractivity contribution in [2.24, 2.45) is 0 Å². The highest BCUT2D eigenvalue weighted by Crippen LogP contribution is 2.21. The van der Waals surface area contributed by atoms with Crippen LogP contribution in [0.1, 0.15) is 24.1 Å². The van der Waals surface area contributed by atoms with Crippen molar-refractivity contribution in [2.75, 3.05) is 12.4 Å². The Morgan fingerprint density at radius 2 is 1.90 bits per heavy atom. The average molecular weight is 277 g/mol. The van der Waals surface area contributed by atoms with Gasteiger partial charge in [0.2, 0.25) is 0 Å². The zero-order chi connectivity index (χ0) is 14.5. The van der Waals surface area contributed by atoms with Crippen molar-refractivity contribution < 1.29 is 13.5 Å². The number of methoxy groups -OCH3 is 1. The number of hydrogen-bond acceptors (Lipinski definition) is 2. The lowest BCUT2D eigenvalue weighted by Gasteiger charge is -2.16. The van der Waals surface area contributed by atoms with Crippen LogP contribution in [0.3, 0.4) is 0 Å². The number of nitrogens with one attached hydrogen (secondary N) is 1. The Labute approximate surface area is 117 Å². The summed E-state index contributed by atoms with van der Waals surface area (Å²) in [5.41, 5.74) is 2.66. The number of benzene rings is 2. The van der Waals surface area contributed by atoms with Gasteiger partial charge in [-0.3, -0.25) is 0 Å². The second-order valence-electron chi connectivity index (χ2n) is 4.67. The van der Waals surface area contributed by atoms with Gasteiger partial charge in [-0.25, -0.2) is 8.78 Å². The maximum atomic E-state index is 13.2. The highest BCUT2D eigenvalue weighted by Gasteiger charge is 2.09. The lowest BCUT2D eigenvalue weighted by molar-refractivity contribution is 0.185. The summed E-state index contributed by atoms with van der Waals surface area (Å²) < 4.78 is 31.2. The maximum absolute atomic E-state index is 13.2. The van der Waals surface area contributed by atoms with Gasteiger partial charge in [0, 0.05) is 18.8 Å². The normalized spacial score (nSPS) is 12.2. The molecule has 0 saturated carbocycles. The van der Waals surface area contributed by atoms with E-state index in [1.165, 1.54) is 6.07 Å². The van der Waals surface area contributed by atoms with Crippen LogP contribution in [0, 0.1) is 11.6 Å². The fraction of sp³-hybridized carbons (Fsp3) is 0.250. The molecule has 0 fully saturated rings. The SMILES string of the molecule is COCc1cccc(NC(C)c2ccc(F)c(F)c2)c1. The van der Waals surface area contributed by atoms with E-state index in [1.54, 1.807) is 13.2 Å². The Kier molecular flexibility index (Phi) is 4.69. The summed E-state index contributed by atoms with van der Waals surface area (Å²) in [5.74, 6) is -1.66. The third-order valence-electron chi connectivity index (χ3n) is 3.06. The molecule has 0 heterocycles. The van der Waals surface area contributed by atoms with E-state index in [-0.39, 0.29) is 6.04 Å².